The largest absolute Gasteiger partial charge is 0.321 e. The molecule has 0 atom stereocenters. The second-order valence-corrected chi connectivity index (χ2v) is 8.78. The van der Waals surface area contributed by atoms with Gasteiger partial charge in [-0.05, 0) is 43.2 Å². The van der Waals surface area contributed by atoms with Crippen LogP contribution in [0.5, 0.6) is 0 Å². The van der Waals surface area contributed by atoms with Crippen LogP contribution < -0.4 is 5.32 Å². The smallest absolute Gasteiger partial charge is 0.275 e. The number of anilines is 1. The zero-order valence-electron chi connectivity index (χ0n) is 13.4. The summed E-state index contributed by atoms with van der Waals surface area (Å²) >= 11 is 17.8. The number of carbonyl (C=O) groups excluding carboxylic acids is 1. The lowest BCUT2D eigenvalue weighted by Gasteiger charge is -2.17. The Morgan fingerprint density at radius 2 is 1.69 bits per heavy atom. The number of amides is 1. The van der Waals surface area contributed by atoms with Crippen molar-refractivity contribution < 1.29 is 13.2 Å². The van der Waals surface area contributed by atoms with Gasteiger partial charge >= 0.3 is 0 Å². The van der Waals surface area contributed by atoms with Crippen LogP contribution in [0.1, 0.15) is 23.3 Å². The van der Waals surface area contributed by atoms with Gasteiger partial charge in [0, 0.05) is 18.8 Å². The molecule has 6 nitrogen and oxygen atoms in total. The van der Waals surface area contributed by atoms with Crippen molar-refractivity contribution in [1.29, 1.82) is 0 Å². The fourth-order valence-corrected chi connectivity index (χ4v) is 4.97. The van der Waals surface area contributed by atoms with E-state index in [-0.39, 0.29) is 31.5 Å². The summed E-state index contributed by atoms with van der Waals surface area (Å²) in [5, 5.41) is 2.91. The van der Waals surface area contributed by atoms with E-state index in [1.165, 1.54) is 34.6 Å². The highest BCUT2D eigenvalue weighted by Gasteiger charge is 2.29. The Balaban J connectivity index is 1.90. The molecule has 1 aromatic carbocycles. The molecule has 26 heavy (non-hydrogen) atoms. The summed E-state index contributed by atoms with van der Waals surface area (Å²) in [7, 11) is -3.72. The van der Waals surface area contributed by atoms with Gasteiger partial charge in [-0.2, -0.15) is 4.31 Å². The van der Waals surface area contributed by atoms with Gasteiger partial charge in [-0.3, -0.25) is 4.79 Å². The standard InChI is InChI=1S/C16H14Cl3N3O3S/c17-11-4-3-10(9-13(11)26(24,25)22-7-1-2-8-22)20-16(23)15-12(18)5-6-14(19)21-15/h3-6,9H,1-2,7-8H2,(H,20,23). The lowest BCUT2D eigenvalue weighted by molar-refractivity contribution is 0.102. The molecule has 1 fully saturated rings. The number of benzene rings is 1. The number of hydrogen-bond acceptors (Lipinski definition) is 4. The highest BCUT2D eigenvalue weighted by Crippen LogP contribution is 2.30. The van der Waals surface area contributed by atoms with Gasteiger partial charge in [0.05, 0.1) is 10.0 Å². The molecule has 0 saturated carbocycles. The zero-order valence-corrected chi connectivity index (χ0v) is 16.5. The molecule has 0 spiro atoms. The molecule has 138 valence electrons. The molecule has 0 radical (unpaired) electrons. The number of hydrogen-bond donors (Lipinski definition) is 1. The molecule has 0 bridgehead atoms. The molecular weight excluding hydrogens is 421 g/mol. The normalized spacial score (nSPS) is 15.2. The van der Waals surface area contributed by atoms with E-state index in [9.17, 15) is 13.2 Å². The average molecular weight is 435 g/mol. The maximum Gasteiger partial charge on any atom is 0.275 e. The van der Waals surface area contributed by atoms with Crippen molar-refractivity contribution in [3.63, 3.8) is 0 Å². The van der Waals surface area contributed by atoms with Crippen molar-refractivity contribution in [3.05, 3.63) is 51.2 Å². The van der Waals surface area contributed by atoms with Crippen LogP contribution in [0.4, 0.5) is 5.69 Å². The van der Waals surface area contributed by atoms with Crippen molar-refractivity contribution in [2.45, 2.75) is 17.7 Å². The Labute approximate surface area is 166 Å². The summed E-state index contributed by atoms with van der Waals surface area (Å²) in [6.07, 6.45) is 1.62. The van der Waals surface area contributed by atoms with E-state index in [1.54, 1.807) is 0 Å². The van der Waals surface area contributed by atoms with Crippen molar-refractivity contribution in [2.24, 2.45) is 0 Å². The van der Waals surface area contributed by atoms with E-state index in [2.05, 4.69) is 10.3 Å². The molecule has 2 heterocycles. The minimum Gasteiger partial charge on any atom is -0.321 e. The number of pyridine rings is 1. The molecule has 2 aromatic rings. The first-order chi connectivity index (χ1) is 12.3. The molecule has 1 saturated heterocycles. The van der Waals surface area contributed by atoms with Crippen LogP contribution in [0, 0.1) is 0 Å². The number of carbonyl (C=O) groups is 1. The lowest BCUT2D eigenvalue weighted by Crippen LogP contribution is -2.28. The maximum absolute atomic E-state index is 12.7. The number of nitrogens with zero attached hydrogens (tertiary/aromatic N) is 2. The molecule has 1 aromatic heterocycles. The van der Waals surface area contributed by atoms with Crippen molar-refractivity contribution in [2.75, 3.05) is 18.4 Å². The van der Waals surface area contributed by atoms with E-state index in [0.717, 1.165) is 12.8 Å². The number of sulfonamides is 1. The van der Waals surface area contributed by atoms with Gasteiger partial charge in [-0.15, -0.1) is 0 Å². The van der Waals surface area contributed by atoms with Crippen LogP contribution in [-0.4, -0.2) is 36.7 Å². The van der Waals surface area contributed by atoms with E-state index in [1.807, 2.05) is 0 Å². The van der Waals surface area contributed by atoms with Gasteiger partial charge < -0.3 is 5.32 Å². The first-order valence-electron chi connectivity index (χ1n) is 7.72. The first kappa shape index (κ1) is 19.4. The molecule has 10 heteroatoms. The molecule has 1 aliphatic heterocycles. The number of rotatable bonds is 4. The third-order valence-corrected chi connectivity index (χ3v) is 6.79. The van der Waals surface area contributed by atoms with Gasteiger partial charge in [0.15, 0.2) is 0 Å². The summed E-state index contributed by atoms with van der Waals surface area (Å²) in [6.45, 7) is 0.911. The minimum absolute atomic E-state index is 0.0518. The number of halogens is 3. The second kappa shape index (κ2) is 7.70. The van der Waals surface area contributed by atoms with Crippen molar-refractivity contribution in [3.8, 4) is 0 Å². The zero-order chi connectivity index (χ0) is 18.9. The fraction of sp³-hybridized carbons (Fsp3) is 0.250. The van der Waals surface area contributed by atoms with E-state index in [0.29, 0.717) is 13.1 Å². The van der Waals surface area contributed by atoms with E-state index < -0.39 is 15.9 Å². The van der Waals surface area contributed by atoms with Gasteiger partial charge in [-0.25, -0.2) is 13.4 Å². The molecular formula is C16H14Cl3N3O3S. The monoisotopic (exact) mass is 433 g/mol. The highest BCUT2D eigenvalue weighted by atomic mass is 35.5. The summed E-state index contributed by atoms with van der Waals surface area (Å²) in [5.41, 5.74) is 0.202. The Morgan fingerprint density at radius 3 is 2.38 bits per heavy atom. The van der Waals surface area contributed by atoms with E-state index in [4.69, 9.17) is 34.8 Å². The SMILES string of the molecule is O=C(Nc1ccc(Cl)c(S(=O)(=O)N2CCCC2)c1)c1nc(Cl)ccc1Cl. The Kier molecular flexibility index (Phi) is 5.74. The fourth-order valence-electron chi connectivity index (χ4n) is 2.61. The molecule has 0 aliphatic carbocycles. The summed E-state index contributed by atoms with van der Waals surface area (Å²) in [6, 6.07) is 7.17. The quantitative estimate of drug-likeness (QED) is 0.735. The Morgan fingerprint density at radius 1 is 1.04 bits per heavy atom. The predicted molar refractivity (Wildman–Crippen MR) is 102 cm³/mol. The summed E-state index contributed by atoms with van der Waals surface area (Å²) in [4.78, 5) is 16.2. The van der Waals surface area contributed by atoms with Gasteiger partial charge in [0.2, 0.25) is 10.0 Å². The van der Waals surface area contributed by atoms with Crippen molar-refractivity contribution in [1.82, 2.24) is 9.29 Å². The van der Waals surface area contributed by atoms with Gasteiger partial charge in [0.1, 0.15) is 15.7 Å². The Hall–Kier alpha value is -1.38. The van der Waals surface area contributed by atoms with Crippen LogP contribution >= 0.6 is 34.8 Å². The molecule has 1 amide bonds. The average Bonchev–Trinajstić information content (AvgIpc) is 3.14. The first-order valence-corrected chi connectivity index (χ1v) is 10.3. The molecule has 1 aliphatic rings. The van der Waals surface area contributed by atoms with Gasteiger partial charge in [-0.1, -0.05) is 34.8 Å². The van der Waals surface area contributed by atoms with E-state index >= 15 is 0 Å². The van der Waals surface area contributed by atoms with Crippen molar-refractivity contribution >= 4 is 56.4 Å². The van der Waals surface area contributed by atoms with Crippen LogP contribution in [0.25, 0.3) is 0 Å². The molecule has 3 rings (SSSR count). The van der Waals surface area contributed by atoms with Crippen LogP contribution in [0.3, 0.4) is 0 Å². The topological polar surface area (TPSA) is 79.4 Å². The highest BCUT2D eigenvalue weighted by molar-refractivity contribution is 7.89. The third-order valence-electron chi connectivity index (χ3n) is 3.90. The lowest BCUT2D eigenvalue weighted by atomic mass is 10.3. The number of aromatic nitrogens is 1. The summed E-state index contributed by atoms with van der Waals surface area (Å²) in [5.74, 6) is -0.607. The van der Waals surface area contributed by atoms with Crippen LogP contribution in [0.2, 0.25) is 15.2 Å². The van der Waals surface area contributed by atoms with Gasteiger partial charge in [0.25, 0.3) is 5.91 Å². The minimum atomic E-state index is -3.72. The number of nitrogens with one attached hydrogen (secondary N) is 1. The Bertz CT molecular complexity index is 960. The summed E-state index contributed by atoms with van der Waals surface area (Å²) < 4.78 is 26.9. The predicted octanol–water partition coefficient (Wildman–Crippen LogP) is 4.08. The third kappa shape index (κ3) is 3.97. The second-order valence-electron chi connectivity index (χ2n) is 5.67. The maximum atomic E-state index is 12.7. The molecule has 1 N–H and O–H groups in total. The molecule has 0 unspecified atom stereocenters. The van der Waals surface area contributed by atoms with Crippen LogP contribution in [0.15, 0.2) is 35.2 Å². The van der Waals surface area contributed by atoms with Crippen LogP contribution in [-0.2, 0) is 10.0 Å².